The van der Waals surface area contributed by atoms with Crippen LogP contribution in [-0.4, -0.2) is 29.6 Å². The summed E-state index contributed by atoms with van der Waals surface area (Å²) in [6.07, 6.45) is 4.77. The Balaban J connectivity index is 2.10. The largest absolute Gasteiger partial charge is 0.462 e. The smallest absolute Gasteiger partial charge is 0.338 e. The van der Waals surface area contributed by atoms with E-state index in [1.54, 1.807) is 0 Å². The average Bonchev–Trinajstić information content (AvgIpc) is 2.92. The molecule has 2 rings (SSSR count). The lowest BCUT2D eigenvalue weighted by molar-refractivity contribution is 0.0524. The highest BCUT2D eigenvalue weighted by atomic mass is 32.2. The molecule has 1 N–H and O–H groups in total. The van der Waals surface area contributed by atoms with Gasteiger partial charge in [-0.1, -0.05) is 49.9 Å². The molecule has 0 radical (unpaired) electrons. The van der Waals surface area contributed by atoms with E-state index >= 15 is 0 Å². The van der Waals surface area contributed by atoms with Crippen LogP contribution in [-0.2, 0) is 11.2 Å². The van der Waals surface area contributed by atoms with E-state index in [-0.39, 0.29) is 23.2 Å². The molecule has 4 nitrogen and oxygen atoms in total. The monoisotopic (exact) mass is 333 g/mol. The maximum atomic E-state index is 12.2. The number of allylic oxidation sites excluding steroid dienone is 1. The molecule has 1 saturated heterocycles. The molecule has 1 fully saturated rings. The third-order valence-electron chi connectivity index (χ3n) is 3.65. The maximum absolute atomic E-state index is 12.2. The molecule has 5 heteroatoms. The predicted octanol–water partition coefficient (Wildman–Crippen LogP) is 3.91. The van der Waals surface area contributed by atoms with E-state index in [2.05, 4.69) is 19.2 Å². The van der Waals surface area contributed by atoms with Crippen LogP contribution in [0.15, 0.2) is 30.4 Å². The number of ether oxygens (including phenoxy) is 1. The van der Waals surface area contributed by atoms with Crippen molar-refractivity contribution in [2.45, 2.75) is 39.2 Å². The zero-order chi connectivity index (χ0) is 16.8. The van der Waals surface area contributed by atoms with Gasteiger partial charge < -0.3 is 10.1 Å². The zero-order valence-electron chi connectivity index (χ0n) is 13.8. The van der Waals surface area contributed by atoms with Crippen molar-refractivity contribution < 1.29 is 14.3 Å². The molecule has 0 aliphatic carbocycles. The summed E-state index contributed by atoms with van der Waals surface area (Å²) in [5, 5.41) is 2.91. The normalized spacial score (nSPS) is 17.7. The SMILES string of the molecule is CCOC(=O)c1cc(CC=CC2CSC(=O)N2)ccc1C(C)C. The van der Waals surface area contributed by atoms with Gasteiger partial charge in [0.05, 0.1) is 18.2 Å². The summed E-state index contributed by atoms with van der Waals surface area (Å²) in [5.41, 5.74) is 2.72. The summed E-state index contributed by atoms with van der Waals surface area (Å²) in [4.78, 5) is 23.3. The third-order valence-corrected chi connectivity index (χ3v) is 4.56. The summed E-state index contributed by atoms with van der Waals surface area (Å²) < 4.78 is 5.16. The number of benzene rings is 1. The number of nitrogens with one attached hydrogen (secondary N) is 1. The van der Waals surface area contributed by atoms with Gasteiger partial charge in [-0.05, 0) is 36.5 Å². The Labute approximate surface area is 141 Å². The molecule has 1 aliphatic heterocycles. The molecule has 1 atom stereocenters. The molecule has 124 valence electrons. The fourth-order valence-electron chi connectivity index (χ4n) is 2.49. The van der Waals surface area contributed by atoms with E-state index in [0.29, 0.717) is 12.2 Å². The fourth-order valence-corrected chi connectivity index (χ4v) is 3.25. The van der Waals surface area contributed by atoms with Crippen molar-refractivity contribution in [3.63, 3.8) is 0 Å². The minimum atomic E-state index is -0.263. The lowest BCUT2D eigenvalue weighted by Crippen LogP contribution is -2.23. The highest BCUT2D eigenvalue weighted by Gasteiger charge is 2.18. The van der Waals surface area contributed by atoms with Crippen LogP contribution in [0.5, 0.6) is 0 Å². The molecule has 0 spiro atoms. The molecule has 1 aliphatic rings. The van der Waals surface area contributed by atoms with E-state index in [4.69, 9.17) is 4.74 Å². The summed E-state index contributed by atoms with van der Waals surface area (Å²) >= 11 is 1.31. The second-order valence-electron chi connectivity index (χ2n) is 5.78. The first-order valence-corrected chi connectivity index (χ1v) is 8.89. The van der Waals surface area contributed by atoms with Gasteiger partial charge >= 0.3 is 5.97 Å². The van der Waals surface area contributed by atoms with Gasteiger partial charge in [0.15, 0.2) is 0 Å². The maximum Gasteiger partial charge on any atom is 0.338 e. The van der Waals surface area contributed by atoms with Crippen LogP contribution in [0.4, 0.5) is 4.79 Å². The van der Waals surface area contributed by atoms with Gasteiger partial charge in [-0.3, -0.25) is 4.79 Å². The third kappa shape index (κ3) is 4.86. The van der Waals surface area contributed by atoms with Gasteiger partial charge in [0.1, 0.15) is 0 Å². The van der Waals surface area contributed by atoms with Crippen molar-refractivity contribution in [1.82, 2.24) is 5.32 Å². The molecular formula is C18H23NO3S. The number of amides is 1. The minimum Gasteiger partial charge on any atom is -0.462 e. The van der Waals surface area contributed by atoms with Crippen LogP contribution in [0.25, 0.3) is 0 Å². The van der Waals surface area contributed by atoms with Crippen molar-refractivity contribution >= 4 is 23.0 Å². The number of hydrogen-bond acceptors (Lipinski definition) is 4. The number of esters is 1. The lowest BCUT2D eigenvalue weighted by Gasteiger charge is -2.13. The molecular weight excluding hydrogens is 310 g/mol. The van der Waals surface area contributed by atoms with Crippen molar-refractivity contribution in [2.75, 3.05) is 12.4 Å². The van der Waals surface area contributed by atoms with Crippen LogP contribution in [0.3, 0.4) is 0 Å². The lowest BCUT2D eigenvalue weighted by atomic mass is 9.94. The Bertz CT molecular complexity index is 610. The van der Waals surface area contributed by atoms with Crippen LogP contribution in [0.2, 0.25) is 0 Å². The van der Waals surface area contributed by atoms with Crippen molar-refractivity contribution in [1.29, 1.82) is 0 Å². The Morgan fingerprint density at radius 1 is 1.48 bits per heavy atom. The van der Waals surface area contributed by atoms with Crippen LogP contribution in [0.1, 0.15) is 48.2 Å². The van der Waals surface area contributed by atoms with E-state index in [1.165, 1.54) is 11.8 Å². The molecule has 1 amide bonds. The first-order valence-electron chi connectivity index (χ1n) is 7.91. The number of rotatable bonds is 6. The summed E-state index contributed by atoms with van der Waals surface area (Å²) in [6, 6.07) is 6.07. The number of hydrogen-bond donors (Lipinski definition) is 1. The Morgan fingerprint density at radius 2 is 2.26 bits per heavy atom. The van der Waals surface area contributed by atoms with Gasteiger partial charge in [0.25, 0.3) is 5.24 Å². The van der Waals surface area contributed by atoms with Gasteiger partial charge in [-0.25, -0.2) is 4.79 Å². The standard InChI is InChI=1S/C18H23NO3S/c1-4-22-17(20)16-10-13(8-9-15(16)12(2)3)6-5-7-14-11-23-18(21)19-14/h5,7-10,12,14H,4,6,11H2,1-3H3,(H,19,21). The highest BCUT2D eigenvalue weighted by molar-refractivity contribution is 8.14. The highest BCUT2D eigenvalue weighted by Crippen LogP contribution is 2.22. The fraction of sp³-hybridized carbons (Fsp3) is 0.444. The molecule has 0 bridgehead atoms. The van der Waals surface area contributed by atoms with Gasteiger partial charge in [0.2, 0.25) is 0 Å². The second-order valence-corrected chi connectivity index (χ2v) is 6.77. The first kappa shape index (κ1) is 17.6. The summed E-state index contributed by atoms with van der Waals surface area (Å²) in [6.45, 7) is 6.32. The first-order chi connectivity index (χ1) is 11.0. The molecule has 1 aromatic rings. The Hall–Kier alpha value is -1.75. The Morgan fingerprint density at radius 3 is 2.87 bits per heavy atom. The van der Waals surface area contributed by atoms with Gasteiger partial charge in [-0.2, -0.15) is 0 Å². The topological polar surface area (TPSA) is 55.4 Å². The van der Waals surface area contributed by atoms with Crippen LogP contribution in [0, 0.1) is 0 Å². The molecule has 0 aromatic heterocycles. The number of carbonyl (C=O) groups excluding carboxylic acids is 2. The van der Waals surface area contributed by atoms with E-state index in [1.807, 2.05) is 37.3 Å². The van der Waals surface area contributed by atoms with Gasteiger partial charge in [0, 0.05) is 5.75 Å². The van der Waals surface area contributed by atoms with Crippen LogP contribution >= 0.6 is 11.8 Å². The molecule has 1 unspecified atom stereocenters. The van der Waals surface area contributed by atoms with Crippen molar-refractivity contribution in [3.05, 3.63) is 47.0 Å². The summed E-state index contributed by atoms with van der Waals surface area (Å²) in [7, 11) is 0. The molecule has 1 aromatic carbocycles. The average molecular weight is 333 g/mol. The Kier molecular flexibility index (Phi) is 6.28. The molecule has 1 heterocycles. The van der Waals surface area contributed by atoms with E-state index in [9.17, 15) is 9.59 Å². The van der Waals surface area contributed by atoms with Crippen molar-refractivity contribution in [3.8, 4) is 0 Å². The predicted molar refractivity (Wildman–Crippen MR) is 94.1 cm³/mol. The number of carbonyl (C=O) groups is 2. The quantitative estimate of drug-likeness (QED) is 0.633. The number of thioether (sulfide) groups is 1. The molecule has 23 heavy (non-hydrogen) atoms. The minimum absolute atomic E-state index is 0.0329. The zero-order valence-corrected chi connectivity index (χ0v) is 14.6. The van der Waals surface area contributed by atoms with E-state index < -0.39 is 0 Å². The van der Waals surface area contributed by atoms with E-state index in [0.717, 1.165) is 23.3 Å². The van der Waals surface area contributed by atoms with Crippen LogP contribution < -0.4 is 5.32 Å². The molecule has 0 saturated carbocycles. The second kappa shape index (κ2) is 8.20. The van der Waals surface area contributed by atoms with Crippen molar-refractivity contribution in [2.24, 2.45) is 0 Å². The summed E-state index contributed by atoms with van der Waals surface area (Å²) in [5.74, 6) is 0.779. The van der Waals surface area contributed by atoms with Gasteiger partial charge in [-0.15, -0.1) is 0 Å².